The molecule has 1 aliphatic rings. The van der Waals surface area contributed by atoms with Gasteiger partial charge in [0.05, 0.1) is 0 Å². The maximum absolute atomic E-state index is 5.78. The van der Waals surface area contributed by atoms with Crippen molar-refractivity contribution in [3.05, 3.63) is 29.8 Å². The molecule has 0 saturated heterocycles. The maximum atomic E-state index is 5.78. The lowest BCUT2D eigenvalue weighted by Gasteiger charge is -2.33. The minimum atomic E-state index is 0.438. The van der Waals surface area contributed by atoms with Crippen LogP contribution in [0.4, 0.5) is 5.69 Å². The van der Waals surface area contributed by atoms with E-state index in [0.29, 0.717) is 12.0 Å². The summed E-state index contributed by atoms with van der Waals surface area (Å²) in [6.07, 6.45) is 2.31. The van der Waals surface area contributed by atoms with E-state index < -0.39 is 0 Å². The Bertz CT molecular complexity index is 297. The van der Waals surface area contributed by atoms with Gasteiger partial charge in [-0.3, -0.25) is 0 Å². The highest BCUT2D eigenvalue weighted by atomic mass is 15.1. The predicted octanol–water partition coefficient (Wildman–Crippen LogP) is 1.96. The molecule has 0 aliphatic heterocycles. The van der Waals surface area contributed by atoms with Crippen LogP contribution in [0.1, 0.15) is 24.3 Å². The van der Waals surface area contributed by atoms with E-state index in [2.05, 4.69) is 43.3 Å². The average Bonchev–Trinajstić information content (AvgIpc) is 2.13. The summed E-state index contributed by atoms with van der Waals surface area (Å²) in [5.74, 6) is 0.709. The van der Waals surface area contributed by atoms with Gasteiger partial charge in [-0.2, -0.15) is 0 Å². The van der Waals surface area contributed by atoms with Gasteiger partial charge in [0.15, 0.2) is 0 Å². The van der Waals surface area contributed by atoms with E-state index in [9.17, 15) is 0 Å². The van der Waals surface area contributed by atoms with Crippen LogP contribution in [0.3, 0.4) is 0 Å². The number of benzene rings is 1. The lowest BCUT2D eigenvalue weighted by molar-refractivity contribution is 0.351. The molecule has 1 aliphatic carbocycles. The molecule has 0 atom stereocenters. The third-order valence-electron chi connectivity index (χ3n) is 3.06. The summed E-state index contributed by atoms with van der Waals surface area (Å²) < 4.78 is 0. The van der Waals surface area contributed by atoms with Gasteiger partial charge in [-0.15, -0.1) is 0 Å². The van der Waals surface area contributed by atoms with E-state index in [1.807, 2.05) is 0 Å². The van der Waals surface area contributed by atoms with Gasteiger partial charge in [-0.25, -0.2) is 0 Å². The van der Waals surface area contributed by atoms with Crippen molar-refractivity contribution in [3.63, 3.8) is 0 Å². The number of anilines is 1. The minimum absolute atomic E-state index is 0.438. The Labute approximate surface area is 85.7 Å². The topological polar surface area (TPSA) is 29.3 Å². The van der Waals surface area contributed by atoms with Crippen LogP contribution in [0.2, 0.25) is 0 Å². The molecule has 0 aromatic heterocycles. The molecule has 2 heteroatoms. The fourth-order valence-corrected chi connectivity index (χ4v) is 1.98. The first kappa shape index (κ1) is 9.53. The lowest BCUT2D eigenvalue weighted by atomic mass is 9.76. The standard InChI is InChI=1S/C12H18N2/c1-14(2)12-5-3-9(4-6-12)10-7-11(13)8-10/h3-6,10-11H,7-8,13H2,1-2H3. The predicted molar refractivity (Wildman–Crippen MR) is 60.7 cm³/mol. The summed E-state index contributed by atoms with van der Waals surface area (Å²) in [5, 5.41) is 0. The number of hydrogen-bond donors (Lipinski definition) is 1. The van der Waals surface area contributed by atoms with Crippen molar-refractivity contribution < 1.29 is 0 Å². The van der Waals surface area contributed by atoms with Gasteiger partial charge >= 0.3 is 0 Å². The molecule has 2 N–H and O–H groups in total. The van der Waals surface area contributed by atoms with Crippen molar-refractivity contribution in [3.8, 4) is 0 Å². The Hall–Kier alpha value is -1.02. The van der Waals surface area contributed by atoms with Crippen molar-refractivity contribution in [2.24, 2.45) is 5.73 Å². The molecule has 1 aromatic carbocycles. The van der Waals surface area contributed by atoms with Gasteiger partial charge in [0.1, 0.15) is 0 Å². The summed E-state index contributed by atoms with van der Waals surface area (Å²) in [4.78, 5) is 2.12. The Kier molecular flexibility index (Phi) is 2.46. The van der Waals surface area contributed by atoms with Crippen LogP contribution < -0.4 is 10.6 Å². The van der Waals surface area contributed by atoms with Gasteiger partial charge in [-0.05, 0) is 36.5 Å². The van der Waals surface area contributed by atoms with E-state index >= 15 is 0 Å². The van der Waals surface area contributed by atoms with Crippen LogP contribution in [0, 0.1) is 0 Å². The highest BCUT2D eigenvalue weighted by Crippen LogP contribution is 2.35. The second-order valence-electron chi connectivity index (χ2n) is 4.41. The van der Waals surface area contributed by atoms with E-state index in [1.165, 1.54) is 11.3 Å². The van der Waals surface area contributed by atoms with Gasteiger partial charge in [0.2, 0.25) is 0 Å². The summed E-state index contributed by atoms with van der Waals surface area (Å²) in [7, 11) is 4.13. The SMILES string of the molecule is CN(C)c1ccc(C2CC(N)C2)cc1. The molecule has 1 aromatic rings. The molecule has 0 unspecified atom stereocenters. The van der Waals surface area contributed by atoms with Gasteiger partial charge < -0.3 is 10.6 Å². The highest BCUT2D eigenvalue weighted by Gasteiger charge is 2.26. The highest BCUT2D eigenvalue weighted by molar-refractivity contribution is 5.46. The molecule has 0 bridgehead atoms. The monoisotopic (exact) mass is 190 g/mol. The van der Waals surface area contributed by atoms with Crippen LogP contribution in [0.15, 0.2) is 24.3 Å². The maximum Gasteiger partial charge on any atom is 0.0361 e. The third-order valence-corrected chi connectivity index (χ3v) is 3.06. The lowest BCUT2D eigenvalue weighted by Crippen LogP contribution is -2.34. The first-order valence-corrected chi connectivity index (χ1v) is 5.19. The second kappa shape index (κ2) is 3.62. The zero-order chi connectivity index (χ0) is 10.1. The van der Waals surface area contributed by atoms with E-state index in [0.717, 1.165) is 12.8 Å². The first-order chi connectivity index (χ1) is 6.66. The van der Waals surface area contributed by atoms with Crippen LogP contribution in [0.5, 0.6) is 0 Å². The molecular formula is C12H18N2. The van der Waals surface area contributed by atoms with Crippen molar-refractivity contribution >= 4 is 5.69 Å². The molecule has 0 radical (unpaired) electrons. The molecule has 0 amide bonds. The molecule has 14 heavy (non-hydrogen) atoms. The normalized spacial score (nSPS) is 25.6. The zero-order valence-corrected chi connectivity index (χ0v) is 8.90. The van der Waals surface area contributed by atoms with Gasteiger partial charge in [-0.1, -0.05) is 12.1 Å². The van der Waals surface area contributed by atoms with Crippen molar-refractivity contribution in [2.75, 3.05) is 19.0 Å². The quantitative estimate of drug-likeness (QED) is 0.772. The average molecular weight is 190 g/mol. The minimum Gasteiger partial charge on any atom is -0.378 e. The summed E-state index contributed by atoms with van der Waals surface area (Å²) in [6.45, 7) is 0. The van der Waals surface area contributed by atoms with Crippen LogP contribution in [-0.2, 0) is 0 Å². The van der Waals surface area contributed by atoms with Crippen LogP contribution in [0.25, 0.3) is 0 Å². The molecule has 2 rings (SSSR count). The Morgan fingerprint density at radius 1 is 1.14 bits per heavy atom. The van der Waals surface area contributed by atoms with Crippen LogP contribution in [-0.4, -0.2) is 20.1 Å². The van der Waals surface area contributed by atoms with Crippen molar-refractivity contribution in [1.82, 2.24) is 0 Å². The first-order valence-electron chi connectivity index (χ1n) is 5.19. The number of rotatable bonds is 2. The largest absolute Gasteiger partial charge is 0.378 e. The Morgan fingerprint density at radius 3 is 2.14 bits per heavy atom. The second-order valence-corrected chi connectivity index (χ2v) is 4.41. The molecule has 1 fully saturated rings. The van der Waals surface area contributed by atoms with Crippen molar-refractivity contribution in [2.45, 2.75) is 24.8 Å². The Morgan fingerprint density at radius 2 is 1.71 bits per heavy atom. The fourth-order valence-electron chi connectivity index (χ4n) is 1.98. The molecule has 2 nitrogen and oxygen atoms in total. The summed E-state index contributed by atoms with van der Waals surface area (Å²) in [5.41, 5.74) is 8.48. The molecule has 1 saturated carbocycles. The number of nitrogens with two attached hydrogens (primary N) is 1. The summed E-state index contributed by atoms with van der Waals surface area (Å²) in [6, 6.07) is 9.25. The Balaban J connectivity index is 2.07. The third kappa shape index (κ3) is 1.75. The summed E-state index contributed by atoms with van der Waals surface area (Å²) >= 11 is 0. The molecular weight excluding hydrogens is 172 g/mol. The number of nitrogens with zero attached hydrogens (tertiary/aromatic N) is 1. The van der Waals surface area contributed by atoms with Gasteiger partial charge in [0.25, 0.3) is 0 Å². The zero-order valence-electron chi connectivity index (χ0n) is 8.90. The van der Waals surface area contributed by atoms with Gasteiger partial charge in [0, 0.05) is 25.8 Å². The fraction of sp³-hybridized carbons (Fsp3) is 0.500. The smallest absolute Gasteiger partial charge is 0.0361 e. The molecule has 0 spiro atoms. The van der Waals surface area contributed by atoms with E-state index in [1.54, 1.807) is 0 Å². The van der Waals surface area contributed by atoms with E-state index in [4.69, 9.17) is 5.73 Å². The van der Waals surface area contributed by atoms with Crippen LogP contribution >= 0.6 is 0 Å². The molecule has 0 heterocycles. The number of hydrogen-bond acceptors (Lipinski definition) is 2. The van der Waals surface area contributed by atoms with Crippen molar-refractivity contribution in [1.29, 1.82) is 0 Å². The molecule has 76 valence electrons. The van der Waals surface area contributed by atoms with E-state index in [-0.39, 0.29) is 0 Å².